The highest BCUT2D eigenvalue weighted by atomic mass is 14.9. The lowest BCUT2D eigenvalue weighted by Gasteiger charge is -1.93. The molecule has 0 heterocycles. The average molecular weight is 139 g/mol. The van der Waals surface area contributed by atoms with E-state index in [0.717, 1.165) is 12.8 Å². The van der Waals surface area contributed by atoms with E-state index < -0.39 is 0 Å². The molecule has 0 radical (unpaired) electrons. The summed E-state index contributed by atoms with van der Waals surface area (Å²) in [5.41, 5.74) is 0. The topological polar surface area (TPSA) is 48.6 Å². The van der Waals surface area contributed by atoms with Crippen LogP contribution in [0.3, 0.4) is 0 Å². The number of nitrogens with zero attached hydrogens (tertiary/aromatic N) is 2. The Bertz CT molecular complexity index is 136. The first kappa shape index (κ1) is 9.01. The summed E-state index contributed by atoms with van der Waals surface area (Å²) in [6, 6.07) is 0. The number of hydrogen-bond donors (Lipinski definition) is 1. The van der Waals surface area contributed by atoms with Crippen molar-refractivity contribution in [1.82, 2.24) is 0 Å². The Morgan fingerprint density at radius 3 is 2.60 bits per heavy atom. The van der Waals surface area contributed by atoms with Crippen LogP contribution in [0.1, 0.15) is 20.3 Å². The molecule has 0 aliphatic heterocycles. The smallest absolute Gasteiger partial charge is 0.116 e. The van der Waals surface area contributed by atoms with Gasteiger partial charge in [-0.25, -0.2) is 9.98 Å². The maximum atomic E-state index is 6.53. The van der Waals surface area contributed by atoms with Crippen LogP contribution >= 0.6 is 0 Å². The Labute approximate surface area is 61.4 Å². The summed E-state index contributed by atoms with van der Waals surface area (Å²) >= 11 is 0. The van der Waals surface area contributed by atoms with Gasteiger partial charge in [0.15, 0.2) is 0 Å². The molecule has 0 fully saturated rings. The first-order chi connectivity index (χ1) is 4.77. The summed E-state index contributed by atoms with van der Waals surface area (Å²) < 4.78 is 0. The zero-order valence-corrected chi connectivity index (χ0v) is 6.41. The minimum atomic E-state index is 0.636. The Balaban J connectivity index is 3.37. The van der Waals surface area contributed by atoms with E-state index in [0.29, 0.717) is 5.92 Å². The predicted molar refractivity (Wildman–Crippen MR) is 45.2 cm³/mol. The van der Waals surface area contributed by atoms with Crippen LogP contribution in [0.4, 0.5) is 0 Å². The first-order valence-corrected chi connectivity index (χ1v) is 3.29. The maximum absolute atomic E-state index is 6.53. The molecule has 0 aliphatic carbocycles. The fourth-order valence-corrected chi connectivity index (χ4v) is 0.391. The summed E-state index contributed by atoms with van der Waals surface area (Å²) in [6.07, 6.45) is 5.10. The molecular formula is C7H13N3. The van der Waals surface area contributed by atoms with Crippen molar-refractivity contribution in [2.75, 3.05) is 0 Å². The van der Waals surface area contributed by atoms with E-state index in [2.05, 4.69) is 23.8 Å². The van der Waals surface area contributed by atoms with Gasteiger partial charge in [-0.3, -0.25) is 5.41 Å². The molecule has 56 valence electrons. The van der Waals surface area contributed by atoms with Gasteiger partial charge in [-0.2, -0.15) is 0 Å². The summed E-state index contributed by atoms with van der Waals surface area (Å²) in [6.45, 7) is 4.25. The molecule has 0 atom stereocenters. The van der Waals surface area contributed by atoms with Crippen LogP contribution in [0, 0.1) is 11.3 Å². The standard InChI is InChI=1S/C7H13N3/c1-7(2)3-4-9-6-10-5-8/h4-8H,3H2,1-2H3. The quantitative estimate of drug-likeness (QED) is 0.455. The minimum Gasteiger partial charge on any atom is -0.289 e. The maximum Gasteiger partial charge on any atom is 0.116 e. The normalized spacial score (nSPS) is 11.9. The Hall–Kier alpha value is -0.990. The lowest BCUT2D eigenvalue weighted by atomic mass is 10.2. The molecule has 0 spiro atoms. The van der Waals surface area contributed by atoms with Crippen LogP contribution in [0.2, 0.25) is 0 Å². The van der Waals surface area contributed by atoms with E-state index in [1.165, 1.54) is 6.34 Å². The number of aliphatic imine (C=N–C) groups is 2. The van der Waals surface area contributed by atoms with Crippen LogP contribution in [-0.4, -0.2) is 18.9 Å². The van der Waals surface area contributed by atoms with Gasteiger partial charge in [-0.05, 0) is 12.3 Å². The molecule has 0 aromatic carbocycles. The number of rotatable bonds is 4. The van der Waals surface area contributed by atoms with Crippen LogP contribution in [-0.2, 0) is 0 Å². The minimum absolute atomic E-state index is 0.636. The van der Waals surface area contributed by atoms with Gasteiger partial charge >= 0.3 is 0 Å². The van der Waals surface area contributed by atoms with Gasteiger partial charge in [0, 0.05) is 6.21 Å². The van der Waals surface area contributed by atoms with Gasteiger partial charge in [-0.1, -0.05) is 13.8 Å². The van der Waals surface area contributed by atoms with Gasteiger partial charge in [0.1, 0.15) is 12.7 Å². The second-order valence-corrected chi connectivity index (χ2v) is 2.35. The molecule has 1 N–H and O–H groups in total. The van der Waals surface area contributed by atoms with Crippen LogP contribution in [0.5, 0.6) is 0 Å². The summed E-state index contributed by atoms with van der Waals surface area (Å²) in [4.78, 5) is 7.32. The van der Waals surface area contributed by atoms with Crippen molar-refractivity contribution in [3.05, 3.63) is 0 Å². The summed E-state index contributed by atoms with van der Waals surface area (Å²) in [5.74, 6) is 0.636. The zero-order chi connectivity index (χ0) is 7.82. The Morgan fingerprint density at radius 1 is 1.40 bits per heavy atom. The van der Waals surface area contributed by atoms with E-state index in [9.17, 15) is 0 Å². The molecule has 0 unspecified atom stereocenters. The molecule has 0 rings (SSSR count). The highest BCUT2D eigenvalue weighted by Gasteiger charge is 1.85. The van der Waals surface area contributed by atoms with Crippen molar-refractivity contribution >= 4 is 18.9 Å². The molecule has 3 heteroatoms. The van der Waals surface area contributed by atoms with Gasteiger partial charge in [-0.15, -0.1) is 0 Å². The third kappa shape index (κ3) is 7.01. The van der Waals surface area contributed by atoms with Gasteiger partial charge in [0.25, 0.3) is 0 Å². The average Bonchev–Trinajstić information content (AvgIpc) is 1.87. The molecular weight excluding hydrogens is 126 g/mol. The fraction of sp³-hybridized carbons (Fsp3) is 0.571. The van der Waals surface area contributed by atoms with E-state index >= 15 is 0 Å². The van der Waals surface area contributed by atoms with Gasteiger partial charge in [0.05, 0.1) is 0 Å². The predicted octanol–water partition coefficient (Wildman–Crippen LogP) is 1.74. The van der Waals surface area contributed by atoms with Gasteiger partial charge < -0.3 is 0 Å². The Kier molecular flexibility index (Phi) is 5.53. The first-order valence-electron chi connectivity index (χ1n) is 3.29. The second-order valence-electron chi connectivity index (χ2n) is 2.35. The molecule has 0 aromatic rings. The lowest BCUT2D eigenvalue weighted by molar-refractivity contribution is 0.691. The lowest BCUT2D eigenvalue weighted by Crippen LogP contribution is -1.86. The van der Waals surface area contributed by atoms with Crippen LogP contribution < -0.4 is 0 Å². The molecule has 0 aromatic heterocycles. The highest BCUT2D eigenvalue weighted by molar-refractivity contribution is 5.77. The van der Waals surface area contributed by atoms with Crippen molar-refractivity contribution in [2.45, 2.75) is 20.3 Å². The van der Waals surface area contributed by atoms with E-state index in [-0.39, 0.29) is 0 Å². The zero-order valence-electron chi connectivity index (χ0n) is 6.41. The van der Waals surface area contributed by atoms with E-state index in [1.807, 2.05) is 0 Å². The molecule has 0 amide bonds. The van der Waals surface area contributed by atoms with Crippen molar-refractivity contribution in [3.63, 3.8) is 0 Å². The Morgan fingerprint density at radius 2 is 2.10 bits per heavy atom. The molecule has 3 nitrogen and oxygen atoms in total. The van der Waals surface area contributed by atoms with E-state index in [1.54, 1.807) is 6.21 Å². The molecule has 0 saturated carbocycles. The van der Waals surface area contributed by atoms with Crippen LogP contribution in [0.15, 0.2) is 9.98 Å². The highest BCUT2D eigenvalue weighted by Crippen LogP contribution is 1.94. The molecule has 0 saturated heterocycles. The third-order valence-corrected chi connectivity index (χ3v) is 0.890. The van der Waals surface area contributed by atoms with Crippen LogP contribution in [0.25, 0.3) is 0 Å². The van der Waals surface area contributed by atoms with Crippen molar-refractivity contribution in [2.24, 2.45) is 15.9 Å². The SMILES string of the molecule is CC(C)CC=NC=NC=N. The number of nitrogens with one attached hydrogen (secondary N) is 1. The molecule has 0 bridgehead atoms. The monoisotopic (exact) mass is 139 g/mol. The largest absolute Gasteiger partial charge is 0.289 e. The summed E-state index contributed by atoms with van der Waals surface area (Å²) in [5, 5.41) is 6.53. The fourth-order valence-electron chi connectivity index (χ4n) is 0.391. The van der Waals surface area contributed by atoms with E-state index in [4.69, 9.17) is 5.41 Å². The molecule has 10 heavy (non-hydrogen) atoms. The molecule has 0 aliphatic rings. The second kappa shape index (κ2) is 6.13. The van der Waals surface area contributed by atoms with Gasteiger partial charge in [0.2, 0.25) is 0 Å². The van der Waals surface area contributed by atoms with Crippen molar-refractivity contribution in [1.29, 1.82) is 5.41 Å². The number of hydrogen-bond acceptors (Lipinski definition) is 1. The van der Waals surface area contributed by atoms with Crippen molar-refractivity contribution < 1.29 is 0 Å². The third-order valence-electron chi connectivity index (χ3n) is 0.890. The summed E-state index contributed by atoms with van der Waals surface area (Å²) in [7, 11) is 0. The van der Waals surface area contributed by atoms with Crippen molar-refractivity contribution in [3.8, 4) is 0 Å².